The van der Waals surface area contributed by atoms with Gasteiger partial charge in [0, 0.05) is 5.02 Å². The summed E-state index contributed by atoms with van der Waals surface area (Å²) < 4.78 is 115. The van der Waals surface area contributed by atoms with Gasteiger partial charge in [-0.05, 0) is 24.3 Å². The Balaban J connectivity index is 2.40. The van der Waals surface area contributed by atoms with E-state index in [1.807, 2.05) is 0 Å². The van der Waals surface area contributed by atoms with E-state index >= 15 is 0 Å². The first-order chi connectivity index (χ1) is 11.9. The standard InChI is InChI=1S/C14H8ClF5O4S2/c15-7-1-3-8(4-2-7)25(21,22)5-6-26(23,24)14-12(19)10(17)9(16)11(18)13(14)20/h1-4H,5-6H2. The van der Waals surface area contributed by atoms with Gasteiger partial charge in [-0.15, -0.1) is 0 Å². The van der Waals surface area contributed by atoms with Crippen molar-refractivity contribution in [2.75, 3.05) is 11.5 Å². The summed E-state index contributed by atoms with van der Waals surface area (Å²) in [5.74, 6) is -15.0. The molecule has 0 saturated heterocycles. The van der Waals surface area contributed by atoms with Crippen molar-refractivity contribution < 1.29 is 38.8 Å². The molecule has 2 aromatic carbocycles. The summed E-state index contributed by atoms with van der Waals surface area (Å²) >= 11 is 5.59. The molecule has 26 heavy (non-hydrogen) atoms. The van der Waals surface area contributed by atoms with E-state index in [1.165, 1.54) is 12.1 Å². The van der Waals surface area contributed by atoms with Crippen LogP contribution in [0.5, 0.6) is 0 Å². The van der Waals surface area contributed by atoms with Gasteiger partial charge < -0.3 is 0 Å². The Morgan fingerprint density at radius 2 is 1.04 bits per heavy atom. The van der Waals surface area contributed by atoms with Crippen LogP contribution in [-0.2, 0) is 19.7 Å². The first-order valence-electron chi connectivity index (χ1n) is 6.61. The van der Waals surface area contributed by atoms with Gasteiger partial charge in [-0.1, -0.05) is 11.6 Å². The molecule has 12 heteroatoms. The zero-order chi connectivity index (χ0) is 19.9. The van der Waals surface area contributed by atoms with Crippen LogP contribution in [0.1, 0.15) is 0 Å². The second-order valence-electron chi connectivity index (χ2n) is 4.99. The van der Waals surface area contributed by atoms with Gasteiger partial charge in [0.2, 0.25) is 5.82 Å². The fourth-order valence-corrected chi connectivity index (χ4v) is 5.54. The normalized spacial score (nSPS) is 12.4. The zero-order valence-electron chi connectivity index (χ0n) is 12.4. The van der Waals surface area contributed by atoms with Crippen LogP contribution >= 0.6 is 11.6 Å². The van der Waals surface area contributed by atoms with E-state index in [1.54, 1.807) is 0 Å². The van der Waals surface area contributed by atoms with Gasteiger partial charge >= 0.3 is 0 Å². The van der Waals surface area contributed by atoms with Gasteiger partial charge in [-0.25, -0.2) is 38.8 Å². The highest BCUT2D eigenvalue weighted by Crippen LogP contribution is 2.28. The molecule has 142 valence electrons. The predicted octanol–water partition coefficient (Wildman–Crippen LogP) is 3.28. The van der Waals surface area contributed by atoms with Crippen LogP contribution in [-0.4, -0.2) is 28.3 Å². The molecule has 0 saturated carbocycles. The third-order valence-corrected chi connectivity index (χ3v) is 7.24. The molecule has 0 aromatic heterocycles. The summed E-state index contributed by atoms with van der Waals surface area (Å²) in [5.41, 5.74) is 0. The molecule has 0 atom stereocenters. The Labute approximate surface area is 150 Å². The molecule has 2 rings (SSSR count). The van der Waals surface area contributed by atoms with Crippen LogP contribution in [0.25, 0.3) is 0 Å². The number of rotatable bonds is 5. The minimum Gasteiger partial charge on any atom is -0.224 e. The first-order valence-corrected chi connectivity index (χ1v) is 10.3. The molecule has 4 nitrogen and oxygen atoms in total. The van der Waals surface area contributed by atoms with Gasteiger partial charge in [0.15, 0.2) is 42.9 Å². The number of hydrogen-bond acceptors (Lipinski definition) is 4. The Hall–Kier alpha value is -1.72. The molecule has 0 radical (unpaired) electrons. The molecule has 2 aromatic rings. The average Bonchev–Trinajstić information content (AvgIpc) is 2.57. The Morgan fingerprint density at radius 1 is 0.654 bits per heavy atom. The van der Waals surface area contributed by atoms with Crippen LogP contribution in [0, 0.1) is 29.1 Å². The minimum atomic E-state index is -5.13. The minimum absolute atomic E-state index is 0.206. The van der Waals surface area contributed by atoms with E-state index in [4.69, 9.17) is 11.6 Å². The molecule has 0 N–H and O–H groups in total. The fraction of sp³-hybridized carbons (Fsp3) is 0.143. The summed E-state index contributed by atoms with van der Waals surface area (Å²) in [7, 11) is -9.35. The molecule has 0 aliphatic carbocycles. The van der Waals surface area contributed by atoms with Crippen LogP contribution in [0.3, 0.4) is 0 Å². The number of sulfone groups is 2. The largest absolute Gasteiger partial charge is 0.224 e. The summed E-state index contributed by atoms with van der Waals surface area (Å²) in [6.45, 7) is 0. The van der Waals surface area contributed by atoms with E-state index < -0.39 is 65.2 Å². The highest BCUT2D eigenvalue weighted by atomic mass is 35.5. The number of halogens is 6. The second-order valence-corrected chi connectivity index (χ2v) is 9.58. The maximum atomic E-state index is 13.6. The van der Waals surface area contributed by atoms with E-state index in [-0.39, 0.29) is 9.92 Å². The smallest absolute Gasteiger partial charge is 0.200 e. The van der Waals surface area contributed by atoms with E-state index in [2.05, 4.69) is 0 Å². The van der Waals surface area contributed by atoms with Crippen molar-refractivity contribution in [2.24, 2.45) is 0 Å². The van der Waals surface area contributed by atoms with Gasteiger partial charge in [-0.2, -0.15) is 0 Å². The fourth-order valence-electron chi connectivity index (χ4n) is 1.94. The molecular weight excluding hydrogens is 427 g/mol. The van der Waals surface area contributed by atoms with Crippen molar-refractivity contribution >= 4 is 31.3 Å². The number of benzene rings is 2. The van der Waals surface area contributed by atoms with E-state index in [0.29, 0.717) is 0 Å². The Morgan fingerprint density at radius 3 is 1.50 bits per heavy atom. The van der Waals surface area contributed by atoms with Gasteiger partial charge in [-0.3, -0.25) is 0 Å². The monoisotopic (exact) mass is 434 g/mol. The molecule has 0 bridgehead atoms. The summed E-state index contributed by atoms with van der Waals surface area (Å²) in [4.78, 5) is -2.39. The highest BCUT2D eigenvalue weighted by molar-refractivity contribution is 7.95. The average molecular weight is 435 g/mol. The maximum Gasteiger partial charge on any atom is 0.200 e. The third kappa shape index (κ3) is 3.84. The van der Waals surface area contributed by atoms with Crippen molar-refractivity contribution in [1.29, 1.82) is 0 Å². The molecule has 0 heterocycles. The summed E-state index contributed by atoms with van der Waals surface area (Å²) in [5, 5.41) is 0.206. The van der Waals surface area contributed by atoms with Crippen molar-refractivity contribution in [2.45, 2.75) is 9.79 Å². The molecule has 0 fully saturated rings. The van der Waals surface area contributed by atoms with Crippen molar-refractivity contribution in [1.82, 2.24) is 0 Å². The maximum absolute atomic E-state index is 13.6. The molecular formula is C14H8ClF5O4S2. The number of hydrogen-bond donors (Lipinski definition) is 0. The quantitative estimate of drug-likeness (QED) is 0.313. The van der Waals surface area contributed by atoms with Crippen molar-refractivity contribution in [3.63, 3.8) is 0 Å². The topological polar surface area (TPSA) is 68.3 Å². The third-order valence-electron chi connectivity index (χ3n) is 3.27. The lowest BCUT2D eigenvalue weighted by Crippen LogP contribution is -2.21. The van der Waals surface area contributed by atoms with Gasteiger partial charge in [0.05, 0.1) is 16.4 Å². The van der Waals surface area contributed by atoms with E-state index in [0.717, 1.165) is 12.1 Å². The van der Waals surface area contributed by atoms with Crippen molar-refractivity contribution in [3.8, 4) is 0 Å². The highest BCUT2D eigenvalue weighted by Gasteiger charge is 2.34. The lowest BCUT2D eigenvalue weighted by molar-refractivity contribution is 0.358. The molecule has 0 spiro atoms. The van der Waals surface area contributed by atoms with Crippen LogP contribution in [0.2, 0.25) is 5.02 Å². The molecule has 0 aliphatic rings. The predicted molar refractivity (Wildman–Crippen MR) is 81.8 cm³/mol. The van der Waals surface area contributed by atoms with Crippen LogP contribution < -0.4 is 0 Å². The lowest BCUT2D eigenvalue weighted by atomic mass is 10.3. The van der Waals surface area contributed by atoms with Gasteiger partial charge in [0.1, 0.15) is 4.90 Å². The van der Waals surface area contributed by atoms with Crippen LogP contribution in [0.4, 0.5) is 22.0 Å². The Kier molecular flexibility index (Phi) is 5.64. The first kappa shape index (κ1) is 20.6. The van der Waals surface area contributed by atoms with Gasteiger partial charge in [0.25, 0.3) is 0 Å². The summed E-state index contributed by atoms with van der Waals surface area (Å²) in [6.07, 6.45) is 0. The lowest BCUT2D eigenvalue weighted by Gasteiger charge is -2.10. The summed E-state index contributed by atoms with van der Waals surface area (Å²) in [6, 6.07) is 4.57. The van der Waals surface area contributed by atoms with E-state index in [9.17, 15) is 38.8 Å². The van der Waals surface area contributed by atoms with Crippen molar-refractivity contribution in [3.05, 3.63) is 58.4 Å². The molecule has 0 amide bonds. The zero-order valence-corrected chi connectivity index (χ0v) is 14.8. The SMILES string of the molecule is O=S(=O)(CCS(=O)(=O)c1c(F)c(F)c(F)c(F)c1F)c1ccc(Cl)cc1. The second kappa shape index (κ2) is 7.12. The Bertz CT molecular complexity index is 1040. The molecule has 0 aliphatic heterocycles. The molecule has 0 unspecified atom stereocenters. The van der Waals surface area contributed by atoms with Crippen LogP contribution in [0.15, 0.2) is 34.1 Å².